The molecule has 2 amide bonds. The highest BCUT2D eigenvalue weighted by atomic mass is 32.2. The molecule has 7 heteroatoms. The summed E-state index contributed by atoms with van der Waals surface area (Å²) in [4.78, 5) is 32.3. The van der Waals surface area contributed by atoms with Crippen molar-refractivity contribution in [2.45, 2.75) is 39.4 Å². The lowest BCUT2D eigenvalue weighted by molar-refractivity contribution is -0.128. The van der Waals surface area contributed by atoms with Crippen LogP contribution >= 0.6 is 11.8 Å². The number of nitrogens with zero attached hydrogens (tertiary/aromatic N) is 2. The number of rotatable bonds is 7. The molecule has 1 unspecified atom stereocenters. The topological polar surface area (TPSA) is 71.0 Å². The zero-order valence-corrected chi connectivity index (χ0v) is 21.2. The molecule has 0 aromatic heterocycles. The predicted molar refractivity (Wildman–Crippen MR) is 143 cm³/mol. The second-order valence-electron chi connectivity index (χ2n) is 8.53. The van der Waals surface area contributed by atoms with E-state index in [2.05, 4.69) is 24.4 Å². The van der Waals surface area contributed by atoms with Gasteiger partial charge in [0.1, 0.15) is 16.7 Å². The predicted octanol–water partition coefficient (Wildman–Crippen LogP) is 6.38. The number of ether oxygens (including phenoxy) is 1. The molecule has 35 heavy (non-hydrogen) atoms. The van der Waals surface area contributed by atoms with Gasteiger partial charge in [0, 0.05) is 24.7 Å². The summed E-state index contributed by atoms with van der Waals surface area (Å²) in [6, 6.07) is 20.8. The molecule has 4 rings (SSSR count). The summed E-state index contributed by atoms with van der Waals surface area (Å²) in [5, 5.41) is 3.03. The van der Waals surface area contributed by atoms with Gasteiger partial charge in [-0.05, 0) is 63.1 Å². The van der Waals surface area contributed by atoms with Gasteiger partial charge in [-0.3, -0.25) is 14.5 Å². The lowest BCUT2D eigenvalue weighted by atomic mass is 10.1. The Morgan fingerprint density at radius 3 is 2.37 bits per heavy atom. The SMILES string of the molecule is CCN1C(=O)C(CC(=O)Nc2cccc(Oc3ccccc3)c2)SC1=Nc1c(C)cc(C)cc1C. The minimum Gasteiger partial charge on any atom is -0.457 e. The number of nitrogens with one attached hydrogen (secondary N) is 1. The number of benzene rings is 3. The summed E-state index contributed by atoms with van der Waals surface area (Å²) in [5.41, 5.74) is 4.81. The maximum atomic E-state index is 13.0. The van der Waals surface area contributed by atoms with Gasteiger partial charge in [0.25, 0.3) is 0 Å². The molecule has 6 nitrogen and oxygen atoms in total. The monoisotopic (exact) mass is 487 g/mol. The van der Waals surface area contributed by atoms with Crippen LogP contribution in [0.15, 0.2) is 71.7 Å². The van der Waals surface area contributed by atoms with Crippen molar-refractivity contribution in [2.24, 2.45) is 4.99 Å². The number of amides is 2. The molecule has 1 N–H and O–H groups in total. The Hall–Kier alpha value is -3.58. The van der Waals surface area contributed by atoms with Crippen molar-refractivity contribution in [3.63, 3.8) is 0 Å². The Balaban J connectivity index is 1.44. The second kappa shape index (κ2) is 10.8. The van der Waals surface area contributed by atoms with Crippen molar-refractivity contribution in [3.8, 4) is 11.5 Å². The first-order chi connectivity index (χ1) is 16.8. The van der Waals surface area contributed by atoms with Gasteiger partial charge in [-0.2, -0.15) is 0 Å². The lowest BCUT2D eigenvalue weighted by Gasteiger charge is -2.14. The molecule has 1 aliphatic heterocycles. The minimum atomic E-state index is -0.511. The van der Waals surface area contributed by atoms with Gasteiger partial charge in [0.15, 0.2) is 5.17 Å². The van der Waals surface area contributed by atoms with E-state index >= 15 is 0 Å². The van der Waals surface area contributed by atoms with Crippen molar-refractivity contribution in [1.82, 2.24) is 4.90 Å². The number of para-hydroxylation sites is 1. The molecule has 180 valence electrons. The maximum Gasteiger partial charge on any atom is 0.242 e. The zero-order chi connectivity index (χ0) is 24.9. The van der Waals surface area contributed by atoms with Gasteiger partial charge in [-0.25, -0.2) is 4.99 Å². The Labute approximate surface area is 210 Å². The van der Waals surface area contributed by atoms with E-state index in [9.17, 15) is 9.59 Å². The van der Waals surface area contributed by atoms with Crippen molar-refractivity contribution < 1.29 is 14.3 Å². The summed E-state index contributed by atoms with van der Waals surface area (Å²) in [6.45, 7) is 8.53. The van der Waals surface area contributed by atoms with E-state index in [0.29, 0.717) is 23.1 Å². The average molecular weight is 488 g/mol. The summed E-state index contributed by atoms with van der Waals surface area (Å²) < 4.78 is 5.85. The van der Waals surface area contributed by atoms with Crippen molar-refractivity contribution >= 4 is 40.1 Å². The average Bonchev–Trinajstić information content (AvgIpc) is 3.10. The van der Waals surface area contributed by atoms with E-state index in [1.807, 2.05) is 63.2 Å². The first-order valence-electron chi connectivity index (χ1n) is 11.6. The van der Waals surface area contributed by atoms with E-state index < -0.39 is 5.25 Å². The number of anilines is 1. The van der Waals surface area contributed by atoms with Crippen molar-refractivity contribution in [1.29, 1.82) is 0 Å². The van der Waals surface area contributed by atoms with Crippen LogP contribution < -0.4 is 10.1 Å². The Morgan fingerprint density at radius 1 is 1.00 bits per heavy atom. The fourth-order valence-corrected chi connectivity index (χ4v) is 5.31. The normalized spacial score (nSPS) is 16.6. The summed E-state index contributed by atoms with van der Waals surface area (Å²) in [6.07, 6.45) is 0.0641. The first kappa shape index (κ1) is 24.5. The molecular weight excluding hydrogens is 458 g/mol. The van der Waals surface area contributed by atoms with E-state index in [1.165, 1.54) is 17.3 Å². The van der Waals surface area contributed by atoms with Crippen LogP contribution in [0.5, 0.6) is 11.5 Å². The molecule has 0 saturated carbocycles. The first-order valence-corrected chi connectivity index (χ1v) is 12.5. The molecule has 0 spiro atoms. The Kier molecular flexibility index (Phi) is 7.56. The van der Waals surface area contributed by atoms with Gasteiger partial charge in [0.2, 0.25) is 11.8 Å². The number of thioether (sulfide) groups is 1. The molecule has 1 fully saturated rings. The number of hydrogen-bond donors (Lipinski definition) is 1. The Bertz CT molecular complexity index is 1250. The van der Waals surface area contributed by atoms with Crippen LogP contribution in [0.1, 0.15) is 30.0 Å². The molecule has 0 radical (unpaired) electrons. The molecule has 1 aliphatic rings. The quantitative estimate of drug-likeness (QED) is 0.419. The van der Waals surface area contributed by atoms with Crippen LogP contribution in [0.2, 0.25) is 0 Å². The third kappa shape index (κ3) is 5.92. The second-order valence-corrected chi connectivity index (χ2v) is 9.70. The molecular formula is C28H29N3O3S. The van der Waals surface area contributed by atoms with Gasteiger partial charge in [-0.15, -0.1) is 0 Å². The lowest BCUT2D eigenvalue weighted by Crippen LogP contribution is -2.33. The number of carbonyl (C=O) groups excluding carboxylic acids is 2. The maximum absolute atomic E-state index is 13.0. The standard InChI is InChI=1S/C28H29N3O3S/c1-5-31-27(33)24(35-28(31)30-26-19(3)14-18(2)15-20(26)4)17-25(32)29-21-10-9-13-23(16-21)34-22-11-7-6-8-12-22/h6-16,24H,5,17H2,1-4H3,(H,29,32). The van der Waals surface area contributed by atoms with E-state index in [4.69, 9.17) is 9.73 Å². The smallest absolute Gasteiger partial charge is 0.242 e. The van der Waals surface area contributed by atoms with Gasteiger partial charge in [0.05, 0.1) is 5.69 Å². The highest BCUT2D eigenvalue weighted by molar-refractivity contribution is 8.15. The number of carbonyl (C=O) groups is 2. The van der Waals surface area contributed by atoms with Crippen LogP contribution in [-0.4, -0.2) is 33.7 Å². The third-order valence-corrected chi connectivity index (χ3v) is 6.82. The fourth-order valence-electron chi connectivity index (χ4n) is 4.10. The molecule has 1 saturated heterocycles. The summed E-state index contributed by atoms with van der Waals surface area (Å²) in [7, 11) is 0. The van der Waals surface area contributed by atoms with Gasteiger partial charge in [-0.1, -0.05) is 53.7 Å². The van der Waals surface area contributed by atoms with Gasteiger partial charge < -0.3 is 10.1 Å². The summed E-state index contributed by atoms with van der Waals surface area (Å²) in [5.74, 6) is 1.02. The van der Waals surface area contributed by atoms with E-state index in [0.717, 1.165) is 22.6 Å². The molecule has 1 atom stereocenters. The van der Waals surface area contributed by atoms with E-state index in [1.54, 1.807) is 17.0 Å². The largest absolute Gasteiger partial charge is 0.457 e. The van der Waals surface area contributed by atoms with E-state index in [-0.39, 0.29) is 18.2 Å². The Morgan fingerprint density at radius 2 is 1.69 bits per heavy atom. The highest BCUT2D eigenvalue weighted by Crippen LogP contribution is 2.34. The van der Waals surface area contributed by atoms with Crippen molar-refractivity contribution in [3.05, 3.63) is 83.4 Å². The minimum absolute atomic E-state index is 0.0641. The van der Waals surface area contributed by atoms with Gasteiger partial charge >= 0.3 is 0 Å². The van der Waals surface area contributed by atoms with Crippen LogP contribution in [0.25, 0.3) is 0 Å². The fraction of sp³-hybridized carbons (Fsp3) is 0.250. The molecule has 1 heterocycles. The number of hydrogen-bond acceptors (Lipinski definition) is 5. The number of aryl methyl sites for hydroxylation is 3. The highest BCUT2D eigenvalue weighted by Gasteiger charge is 2.38. The molecule has 0 aliphatic carbocycles. The molecule has 3 aromatic rings. The van der Waals surface area contributed by atoms with Crippen LogP contribution in [0, 0.1) is 20.8 Å². The summed E-state index contributed by atoms with van der Waals surface area (Å²) >= 11 is 1.35. The van der Waals surface area contributed by atoms with Crippen LogP contribution in [-0.2, 0) is 9.59 Å². The zero-order valence-electron chi connectivity index (χ0n) is 20.4. The van der Waals surface area contributed by atoms with Crippen LogP contribution in [0.4, 0.5) is 11.4 Å². The third-order valence-electron chi connectivity index (χ3n) is 5.65. The van der Waals surface area contributed by atoms with Crippen LogP contribution in [0.3, 0.4) is 0 Å². The van der Waals surface area contributed by atoms with Crippen molar-refractivity contribution in [2.75, 3.05) is 11.9 Å². The number of amidine groups is 1. The number of aliphatic imine (C=N–C) groups is 1. The molecule has 0 bridgehead atoms. The molecule has 3 aromatic carbocycles.